The van der Waals surface area contributed by atoms with Crippen molar-refractivity contribution in [1.29, 1.82) is 5.26 Å². The zero-order valence-electron chi connectivity index (χ0n) is 18.9. The molecule has 0 atom stereocenters. The van der Waals surface area contributed by atoms with Crippen LogP contribution in [-0.4, -0.2) is 39.6 Å². The van der Waals surface area contributed by atoms with Crippen LogP contribution in [0.3, 0.4) is 0 Å². The summed E-state index contributed by atoms with van der Waals surface area (Å²) in [4.78, 5) is 10.0. The van der Waals surface area contributed by atoms with Crippen molar-refractivity contribution in [3.05, 3.63) is 59.0 Å². The summed E-state index contributed by atoms with van der Waals surface area (Å²) in [5.74, 6) is 0. The number of likely N-dealkylation sites (tertiary alicyclic amines) is 1. The Balaban J connectivity index is 1.36. The van der Waals surface area contributed by atoms with Crippen LogP contribution >= 0.6 is 0 Å². The van der Waals surface area contributed by atoms with Gasteiger partial charge in [-0.2, -0.15) is 5.26 Å². The van der Waals surface area contributed by atoms with Crippen molar-refractivity contribution in [1.82, 2.24) is 14.5 Å². The van der Waals surface area contributed by atoms with E-state index in [-0.39, 0.29) is 0 Å². The molecule has 160 valence electrons. The smallest absolute Gasteiger partial charge is 0.120 e. The Bertz CT molecular complexity index is 1160. The number of hydrogen-bond acceptors (Lipinski definition) is 4. The molecule has 0 aliphatic carbocycles. The number of nitriles is 1. The van der Waals surface area contributed by atoms with Crippen molar-refractivity contribution in [2.75, 3.05) is 24.5 Å². The molecular weight excluding hydrogens is 382 g/mol. The summed E-state index contributed by atoms with van der Waals surface area (Å²) in [7, 11) is 2.00. The zero-order valence-corrected chi connectivity index (χ0v) is 18.9. The second-order valence-corrected chi connectivity index (χ2v) is 9.35. The minimum absolute atomic E-state index is 0.295. The highest BCUT2D eigenvalue weighted by Gasteiger charge is 2.43. The number of fused-ring (bicyclic) bond motifs is 1. The molecule has 2 aliphatic rings. The quantitative estimate of drug-likeness (QED) is 0.625. The number of nitrogens with zero attached hydrogens (tertiary/aromatic N) is 5. The second-order valence-electron chi connectivity index (χ2n) is 9.35. The van der Waals surface area contributed by atoms with Crippen molar-refractivity contribution < 1.29 is 0 Å². The van der Waals surface area contributed by atoms with Crippen LogP contribution in [0.25, 0.3) is 10.9 Å². The maximum atomic E-state index is 9.40. The van der Waals surface area contributed by atoms with Gasteiger partial charge in [0, 0.05) is 54.7 Å². The Kier molecular flexibility index (Phi) is 4.98. The van der Waals surface area contributed by atoms with Crippen LogP contribution < -0.4 is 4.90 Å². The fourth-order valence-corrected chi connectivity index (χ4v) is 5.75. The number of aromatic nitrogens is 2. The molecule has 2 aliphatic heterocycles. The van der Waals surface area contributed by atoms with E-state index in [0.717, 1.165) is 43.1 Å². The third kappa shape index (κ3) is 3.40. The van der Waals surface area contributed by atoms with Gasteiger partial charge < -0.3 is 9.47 Å². The van der Waals surface area contributed by atoms with Crippen LogP contribution in [0.4, 0.5) is 5.69 Å². The van der Waals surface area contributed by atoms with Gasteiger partial charge in [0.1, 0.15) is 11.8 Å². The summed E-state index contributed by atoms with van der Waals surface area (Å²) in [6.07, 6.45) is 4.95. The molecule has 2 fully saturated rings. The van der Waals surface area contributed by atoms with E-state index in [1.165, 1.54) is 48.0 Å². The Morgan fingerprint density at radius 1 is 1.06 bits per heavy atom. The highest BCUT2D eigenvalue weighted by Crippen LogP contribution is 2.41. The molecule has 3 aromatic rings. The van der Waals surface area contributed by atoms with E-state index >= 15 is 0 Å². The maximum Gasteiger partial charge on any atom is 0.120 e. The number of piperidine rings is 1. The third-order valence-electron chi connectivity index (χ3n) is 7.71. The van der Waals surface area contributed by atoms with Crippen LogP contribution in [0, 0.1) is 25.2 Å². The second kappa shape index (κ2) is 7.69. The summed E-state index contributed by atoms with van der Waals surface area (Å²) < 4.78 is 2.03. The predicted molar refractivity (Wildman–Crippen MR) is 125 cm³/mol. The minimum Gasteiger partial charge on any atom is -0.371 e. The Morgan fingerprint density at radius 2 is 1.84 bits per heavy atom. The zero-order chi connectivity index (χ0) is 21.6. The third-order valence-corrected chi connectivity index (χ3v) is 7.71. The van der Waals surface area contributed by atoms with Crippen LogP contribution in [-0.2, 0) is 13.6 Å². The SMILES string of the molecule is Cc1cc(N2CCC3(CCCN3Cc3cc(C#N)n(C)c3C)CC2)c2ccccc2n1. The molecule has 5 heteroatoms. The number of aryl methyl sites for hydroxylation is 1. The number of para-hydroxylation sites is 1. The van der Waals surface area contributed by atoms with Crippen molar-refractivity contribution >= 4 is 16.6 Å². The van der Waals surface area contributed by atoms with Crippen LogP contribution in [0.2, 0.25) is 0 Å². The molecule has 31 heavy (non-hydrogen) atoms. The van der Waals surface area contributed by atoms with Gasteiger partial charge in [0.25, 0.3) is 0 Å². The Morgan fingerprint density at radius 3 is 2.58 bits per heavy atom. The molecule has 0 bridgehead atoms. The molecule has 5 nitrogen and oxygen atoms in total. The summed E-state index contributed by atoms with van der Waals surface area (Å²) >= 11 is 0. The number of rotatable bonds is 3. The van der Waals surface area contributed by atoms with E-state index in [0.29, 0.717) is 5.54 Å². The molecule has 0 radical (unpaired) electrons. The molecule has 0 N–H and O–H groups in total. The van der Waals surface area contributed by atoms with Gasteiger partial charge in [-0.3, -0.25) is 9.88 Å². The standard InChI is InChI=1S/C26H31N5/c1-19-15-25(23-7-4-5-8-24(23)28-19)30-13-10-26(11-14-30)9-6-12-31(26)18-21-16-22(17-27)29(3)20(21)2/h4-5,7-8,15-16H,6,9-14,18H2,1-3H3. The van der Waals surface area contributed by atoms with Crippen LogP contribution in [0.15, 0.2) is 36.4 Å². The molecule has 4 heterocycles. The average molecular weight is 414 g/mol. The maximum absolute atomic E-state index is 9.40. The van der Waals surface area contributed by atoms with Crippen LogP contribution in [0.5, 0.6) is 0 Å². The predicted octanol–water partition coefficient (Wildman–Crippen LogP) is 4.70. The van der Waals surface area contributed by atoms with E-state index < -0.39 is 0 Å². The van der Waals surface area contributed by atoms with Crippen LogP contribution in [0.1, 0.15) is 48.3 Å². The molecule has 0 unspecified atom stereocenters. The summed E-state index contributed by atoms with van der Waals surface area (Å²) in [5.41, 5.74) is 7.09. The number of hydrogen-bond donors (Lipinski definition) is 0. The molecule has 5 rings (SSSR count). The van der Waals surface area contributed by atoms with Crippen molar-refractivity contribution in [3.63, 3.8) is 0 Å². The fraction of sp³-hybridized carbons (Fsp3) is 0.462. The van der Waals surface area contributed by atoms with Gasteiger partial charge in [0.15, 0.2) is 0 Å². The molecule has 0 amide bonds. The number of pyridine rings is 1. The number of benzene rings is 1. The molecule has 0 saturated carbocycles. The Labute approximate surface area is 184 Å². The van der Waals surface area contributed by atoms with Gasteiger partial charge in [-0.15, -0.1) is 0 Å². The lowest BCUT2D eigenvalue weighted by Crippen LogP contribution is -2.52. The first-order valence-electron chi connectivity index (χ1n) is 11.4. The van der Waals surface area contributed by atoms with Gasteiger partial charge in [-0.1, -0.05) is 18.2 Å². The minimum atomic E-state index is 0.295. The lowest BCUT2D eigenvalue weighted by Gasteiger charge is -2.46. The summed E-state index contributed by atoms with van der Waals surface area (Å²) in [5, 5.41) is 10.7. The van der Waals surface area contributed by atoms with Crippen molar-refractivity contribution in [3.8, 4) is 6.07 Å². The highest BCUT2D eigenvalue weighted by atomic mass is 15.3. The lowest BCUT2D eigenvalue weighted by molar-refractivity contribution is 0.0996. The van der Waals surface area contributed by atoms with Gasteiger partial charge in [-0.05, 0) is 69.8 Å². The van der Waals surface area contributed by atoms with E-state index in [4.69, 9.17) is 4.98 Å². The van der Waals surface area contributed by atoms with Gasteiger partial charge in [-0.25, -0.2) is 0 Å². The largest absolute Gasteiger partial charge is 0.371 e. The van der Waals surface area contributed by atoms with E-state index in [2.05, 4.69) is 66.1 Å². The first-order chi connectivity index (χ1) is 15.0. The normalized spacial score (nSPS) is 18.7. The molecule has 1 spiro atoms. The first kappa shape index (κ1) is 20.1. The highest BCUT2D eigenvalue weighted by molar-refractivity contribution is 5.92. The molecule has 1 aromatic carbocycles. The van der Waals surface area contributed by atoms with Gasteiger partial charge >= 0.3 is 0 Å². The monoisotopic (exact) mass is 413 g/mol. The first-order valence-corrected chi connectivity index (χ1v) is 11.4. The van der Waals surface area contributed by atoms with E-state index in [9.17, 15) is 5.26 Å². The average Bonchev–Trinajstić information content (AvgIpc) is 3.29. The molecule has 2 aromatic heterocycles. The summed E-state index contributed by atoms with van der Waals surface area (Å²) in [6.45, 7) is 8.52. The molecule has 2 saturated heterocycles. The number of anilines is 1. The fourth-order valence-electron chi connectivity index (χ4n) is 5.75. The van der Waals surface area contributed by atoms with E-state index in [1.54, 1.807) is 0 Å². The lowest BCUT2D eigenvalue weighted by atomic mass is 9.84. The van der Waals surface area contributed by atoms with Gasteiger partial charge in [0.05, 0.1) is 5.52 Å². The van der Waals surface area contributed by atoms with Crippen molar-refractivity contribution in [2.45, 2.75) is 51.6 Å². The van der Waals surface area contributed by atoms with Crippen molar-refractivity contribution in [2.24, 2.45) is 7.05 Å². The van der Waals surface area contributed by atoms with E-state index in [1.807, 2.05) is 11.6 Å². The topological polar surface area (TPSA) is 48.1 Å². The Hall–Kier alpha value is -2.84. The molecular formula is C26H31N5. The summed E-state index contributed by atoms with van der Waals surface area (Å²) in [6, 6.07) is 15.2. The van der Waals surface area contributed by atoms with Gasteiger partial charge in [0.2, 0.25) is 0 Å².